The second-order valence-corrected chi connectivity index (χ2v) is 7.96. The van der Waals surface area contributed by atoms with Crippen LogP contribution in [-0.2, 0) is 9.53 Å². The van der Waals surface area contributed by atoms with E-state index in [1.165, 1.54) is 0 Å². The van der Waals surface area contributed by atoms with Crippen molar-refractivity contribution >= 4 is 29.1 Å². The lowest BCUT2D eigenvalue weighted by molar-refractivity contribution is -0.114. The van der Waals surface area contributed by atoms with Gasteiger partial charge in [0.25, 0.3) is 11.8 Å². The van der Waals surface area contributed by atoms with Crippen molar-refractivity contribution in [3.63, 3.8) is 0 Å². The van der Waals surface area contributed by atoms with Crippen LogP contribution in [0.3, 0.4) is 0 Å². The van der Waals surface area contributed by atoms with Crippen LogP contribution in [0.1, 0.15) is 33.6 Å². The molecule has 168 valence electrons. The monoisotopic (exact) mass is 436 g/mol. The van der Waals surface area contributed by atoms with E-state index in [2.05, 4.69) is 10.6 Å². The second-order valence-electron chi connectivity index (χ2n) is 7.96. The Kier molecular flexibility index (Phi) is 7.01. The molecule has 2 heterocycles. The minimum absolute atomic E-state index is 0.0282. The van der Waals surface area contributed by atoms with E-state index in [9.17, 15) is 14.4 Å². The Morgan fingerprint density at radius 1 is 0.719 bits per heavy atom. The van der Waals surface area contributed by atoms with Crippen LogP contribution in [0.4, 0.5) is 11.4 Å². The largest absolute Gasteiger partial charge is 0.378 e. The molecule has 8 nitrogen and oxygen atoms in total. The van der Waals surface area contributed by atoms with Crippen LogP contribution < -0.4 is 10.6 Å². The van der Waals surface area contributed by atoms with E-state index in [1.54, 1.807) is 41.3 Å². The maximum atomic E-state index is 12.5. The molecular formula is C24H28N4O4. The minimum atomic E-state index is -0.200. The molecule has 0 atom stereocenters. The van der Waals surface area contributed by atoms with E-state index < -0.39 is 0 Å². The van der Waals surface area contributed by atoms with Crippen molar-refractivity contribution in [3.05, 3.63) is 59.7 Å². The van der Waals surface area contributed by atoms with Gasteiger partial charge < -0.3 is 25.2 Å². The van der Waals surface area contributed by atoms with Crippen LogP contribution in [0.15, 0.2) is 48.5 Å². The first-order valence-corrected chi connectivity index (χ1v) is 11.0. The van der Waals surface area contributed by atoms with Crippen LogP contribution in [0.2, 0.25) is 0 Å². The Morgan fingerprint density at radius 2 is 1.22 bits per heavy atom. The van der Waals surface area contributed by atoms with Gasteiger partial charge in [-0.2, -0.15) is 0 Å². The Labute approximate surface area is 187 Å². The maximum absolute atomic E-state index is 12.5. The number of ether oxygens (including phenoxy) is 1. The summed E-state index contributed by atoms with van der Waals surface area (Å²) in [5.74, 6) is -0.170. The summed E-state index contributed by atoms with van der Waals surface area (Å²) in [6, 6.07) is 14.1. The molecule has 0 saturated carbocycles. The van der Waals surface area contributed by atoms with E-state index >= 15 is 0 Å². The lowest BCUT2D eigenvalue weighted by Gasteiger charge is -2.26. The van der Waals surface area contributed by atoms with Gasteiger partial charge in [-0.25, -0.2) is 0 Å². The zero-order valence-electron chi connectivity index (χ0n) is 18.0. The number of hydrogen-bond donors (Lipinski definition) is 2. The Bertz CT molecular complexity index is 947. The van der Waals surface area contributed by atoms with Crippen molar-refractivity contribution in [3.8, 4) is 0 Å². The van der Waals surface area contributed by atoms with E-state index in [0.29, 0.717) is 43.1 Å². The van der Waals surface area contributed by atoms with Crippen molar-refractivity contribution in [1.82, 2.24) is 9.80 Å². The van der Waals surface area contributed by atoms with E-state index in [0.717, 1.165) is 31.6 Å². The number of hydrogen-bond acceptors (Lipinski definition) is 5. The number of amides is 3. The van der Waals surface area contributed by atoms with Crippen LogP contribution >= 0.6 is 0 Å². The molecule has 0 bridgehead atoms. The average molecular weight is 437 g/mol. The number of nitrogens with zero attached hydrogens (tertiary/aromatic N) is 2. The van der Waals surface area contributed by atoms with Crippen LogP contribution in [-0.4, -0.2) is 73.5 Å². The zero-order chi connectivity index (χ0) is 22.3. The lowest BCUT2D eigenvalue weighted by atomic mass is 10.1. The van der Waals surface area contributed by atoms with Crippen molar-refractivity contribution < 1.29 is 19.1 Å². The molecule has 0 spiro atoms. The molecule has 2 N–H and O–H groups in total. The highest BCUT2D eigenvalue weighted by molar-refractivity contribution is 5.97. The third kappa shape index (κ3) is 5.45. The van der Waals surface area contributed by atoms with E-state index in [1.807, 2.05) is 17.0 Å². The first kappa shape index (κ1) is 21.8. The fourth-order valence-corrected chi connectivity index (χ4v) is 3.87. The summed E-state index contributed by atoms with van der Waals surface area (Å²) in [6.07, 6.45) is 2.13. The van der Waals surface area contributed by atoms with E-state index in [4.69, 9.17) is 4.74 Å². The molecule has 4 rings (SSSR count). The van der Waals surface area contributed by atoms with Gasteiger partial charge in [0, 0.05) is 48.7 Å². The molecule has 0 aromatic heterocycles. The van der Waals surface area contributed by atoms with Crippen molar-refractivity contribution in [1.29, 1.82) is 0 Å². The summed E-state index contributed by atoms with van der Waals surface area (Å²) in [4.78, 5) is 40.8. The molecule has 2 aliphatic heterocycles. The van der Waals surface area contributed by atoms with Gasteiger partial charge in [-0.15, -0.1) is 0 Å². The number of nitrogens with one attached hydrogen (secondary N) is 2. The van der Waals surface area contributed by atoms with Crippen LogP contribution in [0, 0.1) is 0 Å². The van der Waals surface area contributed by atoms with Crippen LogP contribution in [0.5, 0.6) is 0 Å². The summed E-state index contributed by atoms with van der Waals surface area (Å²) in [5.41, 5.74) is 2.65. The van der Waals surface area contributed by atoms with Gasteiger partial charge in [0.1, 0.15) is 0 Å². The summed E-state index contributed by atoms with van der Waals surface area (Å²) in [5, 5.41) is 5.88. The predicted molar refractivity (Wildman–Crippen MR) is 122 cm³/mol. The third-order valence-electron chi connectivity index (χ3n) is 5.69. The average Bonchev–Trinajstić information content (AvgIpc) is 3.38. The molecule has 3 amide bonds. The van der Waals surface area contributed by atoms with Crippen LogP contribution in [0.25, 0.3) is 0 Å². The van der Waals surface area contributed by atoms with E-state index in [-0.39, 0.29) is 24.3 Å². The predicted octanol–water partition coefficient (Wildman–Crippen LogP) is 2.45. The number of benzene rings is 2. The van der Waals surface area contributed by atoms with Gasteiger partial charge in [0.05, 0.1) is 19.8 Å². The minimum Gasteiger partial charge on any atom is -0.378 e. The third-order valence-corrected chi connectivity index (χ3v) is 5.69. The number of anilines is 2. The molecule has 2 aromatic carbocycles. The highest BCUT2D eigenvalue weighted by Crippen LogP contribution is 2.16. The molecular weight excluding hydrogens is 408 g/mol. The molecule has 0 unspecified atom stereocenters. The summed E-state index contributed by atoms with van der Waals surface area (Å²) in [7, 11) is 0. The Hall–Kier alpha value is -3.39. The number of carbonyl (C=O) groups is 3. The topological polar surface area (TPSA) is 91.0 Å². The molecule has 32 heavy (non-hydrogen) atoms. The number of likely N-dealkylation sites (tertiary alicyclic amines) is 1. The van der Waals surface area contributed by atoms with Gasteiger partial charge >= 0.3 is 0 Å². The highest BCUT2D eigenvalue weighted by atomic mass is 16.5. The number of morpholine rings is 1. The number of carbonyl (C=O) groups excluding carboxylic acids is 3. The molecule has 2 saturated heterocycles. The summed E-state index contributed by atoms with van der Waals surface area (Å²) >= 11 is 0. The maximum Gasteiger partial charge on any atom is 0.254 e. The van der Waals surface area contributed by atoms with Gasteiger partial charge in [-0.05, 0) is 61.4 Å². The first-order valence-electron chi connectivity index (χ1n) is 11.0. The Balaban J connectivity index is 1.24. The quantitative estimate of drug-likeness (QED) is 0.726. The molecule has 0 aliphatic carbocycles. The van der Waals surface area contributed by atoms with Gasteiger partial charge in [-0.1, -0.05) is 0 Å². The Morgan fingerprint density at radius 3 is 1.78 bits per heavy atom. The normalized spacial score (nSPS) is 16.0. The van der Waals surface area contributed by atoms with Crippen molar-refractivity contribution in [2.24, 2.45) is 0 Å². The smallest absolute Gasteiger partial charge is 0.254 e. The SMILES string of the molecule is O=C(CNc1ccc(C(=O)N2CCCC2)cc1)Nc1ccc(C(=O)N2CCOCC2)cc1. The molecule has 2 aromatic rings. The van der Waals surface area contributed by atoms with Crippen molar-refractivity contribution in [2.75, 3.05) is 56.6 Å². The summed E-state index contributed by atoms with van der Waals surface area (Å²) < 4.78 is 5.28. The fraction of sp³-hybridized carbons (Fsp3) is 0.375. The standard InChI is InChI=1S/C24H28N4O4/c29-22(17-25-20-7-3-18(4-8-20)23(30)27-11-1-2-12-27)26-21-9-5-19(6-10-21)24(31)28-13-15-32-16-14-28/h3-10,25H,1-2,11-17H2,(H,26,29). The van der Waals surface area contributed by atoms with Gasteiger partial charge in [-0.3, -0.25) is 14.4 Å². The van der Waals surface area contributed by atoms with Gasteiger partial charge in [0.2, 0.25) is 5.91 Å². The fourth-order valence-electron chi connectivity index (χ4n) is 3.87. The molecule has 2 aliphatic rings. The number of rotatable bonds is 6. The lowest BCUT2D eigenvalue weighted by Crippen LogP contribution is -2.40. The summed E-state index contributed by atoms with van der Waals surface area (Å²) in [6.45, 7) is 4.04. The van der Waals surface area contributed by atoms with Gasteiger partial charge in [0.15, 0.2) is 0 Å². The molecule has 8 heteroatoms. The molecule has 0 radical (unpaired) electrons. The second kappa shape index (κ2) is 10.3. The van der Waals surface area contributed by atoms with Crippen molar-refractivity contribution in [2.45, 2.75) is 12.8 Å². The highest BCUT2D eigenvalue weighted by Gasteiger charge is 2.20. The first-order chi connectivity index (χ1) is 15.6. The molecule has 2 fully saturated rings. The zero-order valence-corrected chi connectivity index (χ0v) is 18.0.